The van der Waals surface area contributed by atoms with E-state index in [0.29, 0.717) is 25.2 Å². The highest BCUT2D eigenvalue weighted by atomic mass is 16.2. The number of allylic oxidation sites excluding steroid dienone is 1. The molecule has 0 radical (unpaired) electrons. The van der Waals surface area contributed by atoms with Crippen LogP contribution in [0.2, 0.25) is 0 Å². The zero-order valence-corrected chi connectivity index (χ0v) is 13.7. The van der Waals surface area contributed by atoms with Crippen molar-refractivity contribution in [2.75, 3.05) is 6.54 Å². The molecule has 1 rings (SSSR count). The molecule has 1 heterocycles. The number of nitrogens with zero attached hydrogens (tertiary/aromatic N) is 3. The Morgan fingerprint density at radius 3 is 2.65 bits per heavy atom. The molecule has 0 saturated carbocycles. The first-order valence-electron chi connectivity index (χ1n) is 7.57. The molecule has 0 aliphatic heterocycles. The summed E-state index contributed by atoms with van der Waals surface area (Å²) < 4.78 is 1.55. The molecular weight excluding hydrogens is 298 g/mol. The minimum Gasteiger partial charge on any atom is -0.356 e. The Balaban J connectivity index is 2.37. The average Bonchev–Trinajstić information content (AvgIpc) is 2.96. The molecule has 0 spiro atoms. The molecule has 1 aromatic heterocycles. The van der Waals surface area contributed by atoms with Gasteiger partial charge in [-0.2, -0.15) is 0 Å². The van der Waals surface area contributed by atoms with Gasteiger partial charge in [-0.25, -0.2) is 0 Å². The van der Waals surface area contributed by atoms with Crippen LogP contribution < -0.4 is 10.6 Å². The van der Waals surface area contributed by atoms with Crippen molar-refractivity contribution in [2.45, 2.75) is 40.3 Å². The number of carbonyl (C=O) groups excluding carboxylic acids is 3. The third-order valence-corrected chi connectivity index (χ3v) is 2.94. The van der Waals surface area contributed by atoms with Gasteiger partial charge in [-0.05, 0) is 13.0 Å². The summed E-state index contributed by atoms with van der Waals surface area (Å²) in [6, 6.07) is 0. The number of amides is 2. The quantitative estimate of drug-likeness (QED) is 0.632. The molecule has 8 nitrogen and oxygen atoms in total. The van der Waals surface area contributed by atoms with Crippen molar-refractivity contribution in [2.24, 2.45) is 5.92 Å². The molecule has 0 aromatic carbocycles. The molecule has 0 fully saturated rings. The summed E-state index contributed by atoms with van der Waals surface area (Å²) in [6.45, 7) is 6.63. The Morgan fingerprint density at radius 2 is 2.00 bits per heavy atom. The number of aryl methyl sites for hydroxylation is 1. The SMILES string of the molecule is CCNC(=O)CCn1cc(CNC(=O)/C=C\C(=O)C(C)C)nn1. The molecule has 0 aliphatic rings. The van der Waals surface area contributed by atoms with Crippen molar-refractivity contribution in [1.29, 1.82) is 0 Å². The summed E-state index contributed by atoms with van der Waals surface area (Å²) in [5, 5.41) is 13.1. The minimum absolute atomic E-state index is 0.0437. The summed E-state index contributed by atoms with van der Waals surface area (Å²) in [5.74, 6) is -0.644. The molecule has 23 heavy (non-hydrogen) atoms. The molecular formula is C15H23N5O3. The van der Waals surface area contributed by atoms with Gasteiger partial charge in [0.2, 0.25) is 11.8 Å². The van der Waals surface area contributed by atoms with Crippen LogP contribution in [-0.4, -0.2) is 39.1 Å². The van der Waals surface area contributed by atoms with E-state index in [1.807, 2.05) is 6.92 Å². The van der Waals surface area contributed by atoms with Gasteiger partial charge in [-0.1, -0.05) is 19.1 Å². The fraction of sp³-hybridized carbons (Fsp3) is 0.533. The standard InChI is InChI=1S/C15H23N5O3/c1-4-16-15(23)7-8-20-10-12(18-19-20)9-17-14(22)6-5-13(21)11(2)3/h5-6,10-11H,4,7-9H2,1-3H3,(H,16,23)(H,17,22)/b6-5-. The van der Waals surface area contributed by atoms with Crippen LogP contribution >= 0.6 is 0 Å². The van der Waals surface area contributed by atoms with E-state index in [1.54, 1.807) is 24.7 Å². The maximum absolute atomic E-state index is 11.6. The lowest BCUT2D eigenvalue weighted by atomic mass is 10.1. The maximum Gasteiger partial charge on any atom is 0.244 e. The number of rotatable bonds is 9. The van der Waals surface area contributed by atoms with Gasteiger partial charge in [0, 0.05) is 25.0 Å². The highest BCUT2D eigenvalue weighted by Gasteiger charge is 2.06. The topological polar surface area (TPSA) is 106 Å². The Labute approximate surface area is 135 Å². The van der Waals surface area contributed by atoms with Crippen molar-refractivity contribution in [1.82, 2.24) is 25.6 Å². The van der Waals surface area contributed by atoms with E-state index in [0.717, 1.165) is 0 Å². The first kappa shape index (κ1) is 18.5. The number of hydrogen-bond acceptors (Lipinski definition) is 5. The van der Waals surface area contributed by atoms with Crippen LogP contribution in [-0.2, 0) is 27.5 Å². The number of nitrogens with one attached hydrogen (secondary N) is 2. The Hall–Kier alpha value is -2.51. The van der Waals surface area contributed by atoms with Crippen molar-refractivity contribution in [3.8, 4) is 0 Å². The van der Waals surface area contributed by atoms with E-state index in [4.69, 9.17) is 0 Å². The Morgan fingerprint density at radius 1 is 1.26 bits per heavy atom. The molecule has 0 saturated heterocycles. The van der Waals surface area contributed by atoms with E-state index < -0.39 is 0 Å². The Bertz CT molecular complexity index is 577. The van der Waals surface area contributed by atoms with Gasteiger partial charge in [-0.15, -0.1) is 5.10 Å². The molecule has 8 heteroatoms. The summed E-state index contributed by atoms with van der Waals surface area (Å²) in [5.41, 5.74) is 0.581. The molecule has 0 atom stereocenters. The van der Waals surface area contributed by atoms with E-state index >= 15 is 0 Å². The van der Waals surface area contributed by atoms with E-state index in [2.05, 4.69) is 20.9 Å². The molecule has 0 bridgehead atoms. The average molecular weight is 321 g/mol. The molecule has 2 amide bonds. The van der Waals surface area contributed by atoms with Gasteiger partial charge >= 0.3 is 0 Å². The normalized spacial score (nSPS) is 11.0. The second-order valence-corrected chi connectivity index (χ2v) is 5.28. The molecule has 2 N–H and O–H groups in total. The van der Waals surface area contributed by atoms with Gasteiger partial charge in [0.1, 0.15) is 5.69 Å². The third-order valence-electron chi connectivity index (χ3n) is 2.94. The summed E-state index contributed by atoms with van der Waals surface area (Å²) in [4.78, 5) is 34.3. The second kappa shape index (κ2) is 9.50. The smallest absolute Gasteiger partial charge is 0.244 e. The fourth-order valence-electron chi connectivity index (χ4n) is 1.62. The van der Waals surface area contributed by atoms with Gasteiger partial charge in [0.15, 0.2) is 5.78 Å². The highest BCUT2D eigenvalue weighted by molar-refractivity contribution is 5.98. The van der Waals surface area contributed by atoms with E-state index in [9.17, 15) is 14.4 Å². The molecule has 1 aromatic rings. The maximum atomic E-state index is 11.6. The van der Waals surface area contributed by atoms with E-state index in [1.165, 1.54) is 12.2 Å². The van der Waals surface area contributed by atoms with Gasteiger partial charge < -0.3 is 10.6 Å². The lowest BCUT2D eigenvalue weighted by Gasteiger charge is -2.01. The molecule has 126 valence electrons. The fourth-order valence-corrected chi connectivity index (χ4v) is 1.62. The van der Waals surface area contributed by atoms with Gasteiger partial charge in [0.05, 0.1) is 19.3 Å². The number of hydrogen-bond donors (Lipinski definition) is 2. The zero-order chi connectivity index (χ0) is 17.2. The van der Waals surface area contributed by atoms with Crippen LogP contribution in [0.5, 0.6) is 0 Å². The van der Waals surface area contributed by atoms with Crippen LogP contribution in [0.25, 0.3) is 0 Å². The number of ketones is 1. The summed E-state index contributed by atoms with van der Waals surface area (Å²) in [7, 11) is 0. The predicted octanol–water partition coefficient (Wildman–Crippen LogP) is 0.202. The lowest BCUT2D eigenvalue weighted by molar-refractivity contribution is -0.121. The largest absolute Gasteiger partial charge is 0.356 e. The first-order valence-corrected chi connectivity index (χ1v) is 7.57. The van der Waals surface area contributed by atoms with Crippen LogP contribution in [0.1, 0.15) is 32.9 Å². The van der Waals surface area contributed by atoms with Crippen molar-refractivity contribution < 1.29 is 14.4 Å². The van der Waals surface area contributed by atoms with Gasteiger partial charge in [0.25, 0.3) is 0 Å². The lowest BCUT2D eigenvalue weighted by Crippen LogP contribution is -2.23. The van der Waals surface area contributed by atoms with Crippen LogP contribution in [0.3, 0.4) is 0 Å². The second-order valence-electron chi connectivity index (χ2n) is 5.28. The Kier molecular flexibility index (Phi) is 7.65. The van der Waals surface area contributed by atoms with Crippen LogP contribution in [0.15, 0.2) is 18.3 Å². The predicted molar refractivity (Wildman–Crippen MR) is 84.2 cm³/mol. The van der Waals surface area contributed by atoms with Crippen LogP contribution in [0.4, 0.5) is 0 Å². The zero-order valence-electron chi connectivity index (χ0n) is 13.7. The van der Waals surface area contributed by atoms with Gasteiger partial charge in [-0.3, -0.25) is 19.1 Å². The number of carbonyl (C=O) groups is 3. The van der Waals surface area contributed by atoms with Crippen molar-refractivity contribution >= 4 is 17.6 Å². The minimum atomic E-state index is -0.365. The number of aromatic nitrogens is 3. The monoisotopic (exact) mass is 321 g/mol. The van der Waals surface area contributed by atoms with E-state index in [-0.39, 0.29) is 30.1 Å². The summed E-state index contributed by atoms with van der Waals surface area (Å²) >= 11 is 0. The summed E-state index contributed by atoms with van der Waals surface area (Å²) in [6.07, 6.45) is 4.47. The van der Waals surface area contributed by atoms with Crippen molar-refractivity contribution in [3.05, 3.63) is 24.0 Å². The molecule has 0 aliphatic carbocycles. The molecule has 0 unspecified atom stereocenters. The van der Waals surface area contributed by atoms with Crippen molar-refractivity contribution in [3.63, 3.8) is 0 Å². The van der Waals surface area contributed by atoms with Crippen LogP contribution in [0, 0.1) is 5.92 Å². The third kappa shape index (κ3) is 7.35. The highest BCUT2D eigenvalue weighted by Crippen LogP contribution is 1.97. The first-order chi connectivity index (χ1) is 10.9.